The van der Waals surface area contributed by atoms with Gasteiger partial charge >= 0.3 is 0 Å². The van der Waals surface area contributed by atoms with Gasteiger partial charge in [0.2, 0.25) is 0 Å². The minimum absolute atomic E-state index is 0. The maximum Gasteiger partial charge on any atom is 0.196 e. The fraction of sp³-hybridized carbons (Fsp3) is 0.364. The highest BCUT2D eigenvalue weighted by molar-refractivity contribution is 6.31. The van der Waals surface area contributed by atoms with Gasteiger partial charge in [-0.05, 0) is 12.1 Å². The minimum atomic E-state index is -0.208. The predicted octanol–water partition coefficient (Wildman–Crippen LogP) is 3.55. The fourth-order valence-corrected chi connectivity index (χ4v) is 3.47. The van der Waals surface area contributed by atoms with Crippen molar-refractivity contribution in [2.45, 2.75) is 13.8 Å². The molecule has 0 heterocycles. The summed E-state index contributed by atoms with van der Waals surface area (Å²) in [6.45, 7) is 6.27. The number of nitrogens with one attached hydrogen (secondary N) is 2. The van der Waals surface area contributed by atoms with Crippen molar-refractivity contribution >= 4 is 47.8 Å². The van der Waals surface area contributed by atoms with Gasteiger partial charge in [-0.2, -0.15) is 10.1 Å². The van der Waals surface area contributed by atoms with Crippen molar-refractivity contribution in [2.24, 2.45) is 0 Å². The van der Waals surface area contributed by atoms with E-state index >= 15 is 0 Å². The molecule has 0 saturated heterocycles. The van der Waals surface area contributed by atoms with E-state index in [1.807, 2.05) is 13.8 Å². The van der Waals surface area contributed by atoms with E-state index in [0.717, 1.165) is 0 Å². The maximum atomic E-state index is 13.3. The van der Waals surface area contributed by atoms with Crippen molar-refractivity contribution in [1.29, 1.82) is 0 Å². The lowest BCUT2D eigenvalue weighted by atomic mass is 9.82. The summed E-state index contributed by atoms with van der Waals surface area (Å²) in [6.07, 6.45) is 0. The number of benzene rings is 2. The number of hydrogen-bond acceptors (Lipinski definition) is 8. The quantitative estimate of drug-likeness (QED) is 0.323. The van der Waals surface area contributed by atoms with Gasteiger partial charge in [0.25, 0.3) is 0 Å². The Morgan fingerprint density at radius 3 is 1.44 bits per heavy atom. The largest absolute Gasteiger partial charge is 0.383 e. The molecular formula is C22H30Cl2N4O4. The maximum absolute atomic E-state index is 13.3. The molecule has 0 saturated carbocycles. The number of rotatable bonds is 10. The van der Waals surface area contributed by atoms with E-state index in [4.69, 9.17) is 0 Å². The first-order valence-electron chi connectivity index (χ1n) is 10.2. The molecule has 0 atom stereocenters. The van der Waals surface area contributed by atoms with Gasteiger partial charge in [-0.1, -0.05) is 38.1 Å². The average molecular weight is 485 g/mol. The van der Waals surface area contributed by atoms with E-state index < -0.39 is 0 Å². The number of anilines is 2. The summed E-state index contributed by atoms with van der Waals surface area (Å²) in [7, 11) is 0. The molecule has 176 valence electrons. The number of halogens is 2. The Hall–Kier alpha value is -2.20. The molecule has 0 spiro atoms. The number of fused-ring (bicyclic) bond motifs is 2. The summed E-state index contributed by atoms with van der Waals surface area (Å²) >= 11 is 0. The summed E-state index contributed by atoms with van der Waals surface area (Å²) < 4.78 is 0. The molecule has 10 heteroatoms. The molecule has 1 aliphatic carbocycles. The van der Waals surface area contributed by atoms with Gasteiger partial charge in [-0.25, -0.2) is 0 Å². The van der Waals surface area contributed by atoms with Crippen molar-refractivity contribution in [3.8, 4) is 0 Å². The van der Waals surface area contributed by atoms with Gasteiger partial charge in [0.05, 0.1) is 11.1 Å². The number of ketones is 2. The third-order valence-electron chi connectivity index (χ3n) is 5.18. The zero-order chi connectivity index (χ0) is 21.7. The van der Waals surface area contributed by atoms with Gasteiger partial charge in [-0.15, -0.1) is 24.8 Å². The second kappa shape index (κ2) is 12.7. The smallest absolute Gasteiger partial charge is 0.196 e. The summed E-state index contributed by atoms with van der Waals surface area (Å²) in [5.41, 5.74) is 2.57. The highest BCUT2D eigenvalue weighted by Crippen LogP contribution is 2.36. The molecule has 3 rings (SSSR count). The van der Waals surface area contributed by atoms with Crippen molar-refractivity contribution in [1.82, 2.24) is 10.1 Å². The third kappa shape index (κ3) is 5.98. The number of carbonyl (C=O) groups is 2. The summed E-state index contributed by atoms with van der Waals surface area (Å²) in [4.78, 5) is 26.6. The van der Waals surface area contributed by atoms with Crippen LogP contribution in [-0.2, 0) is 0 Å². The highest BCUT2D eigenvalue weighted by Gasteiger charge is 2.33. The van der Waals surface area contributed by atoms with Crippen LogP contribution in [0.4, 0.5) is 11.4 Å². The predicted molar refractivity (Wildman–Crippen MR) is 129 cm³/mol. The number of hydroxylamine groups is 4. The molecule has 0 radical (unpaired) electrons. The SMILES string of the molecule is CCN(O)CCNc1ccc(NCCN(O)CC)c2c1C(=O)c1ccccc1C2=O.Cl.Cl. The van der Waals surface area contributed by atoms with Crippen molar-refractivity contribution in [3.63, 3.8) is 0 Å². The molecule has 1 aliphatic rings. The summed E-state index contributed by atoms with van der Waals surface area (Å²) in [5.74, 6) is -0.417. The van der Waals surface area contributed by atoms with Crippen LogP contribution >= 0.6 is 24.8 Å². The average Bonchev–Trinajstić information content (AvgIpc) is 2.77. The van der Waals surface area contributed by atoms with E-state index in [0.29, 0.717) is 72.9 Å². The molecule has 2 aromatic carbocycles. The Balaban J connectivity index is 0.00000256. The normalized spacial score (nSPS) is 12.1. The summed E-state index contributed by atoms with van der Waals surface area (Å²) in [5, 5.41) is 28.0. The highest BCUT2D eigenvalue weighted by atomic mass is 35.5. The Kier molecular flexibility index (Phi) is 11.1. The molecule has 4 N–H and O–H groups in total. The van der Waals surface area contributed by atoms with Gasteiger partial charge in [0, 0.05) is 61.8 Å². The Labute approximate surface area is 200 Å². The molecule has 0 amide bonds. The van der Waals surface area contributed by atoms with E-state index in [-0.39, 0.29) is 36.4 Å². The second-order valence-corrected chi connectivity index (χ2v) is 7.06. The lowest BCUT2D eigenvalue weighted by Crippen LogP contribution is -2.29. The summed E-state index contributed by atoms with van der Waals surface area (Å²) in [6, 6.07) is 10.4. The lowest BCUT2D eigenvalue weighted by molar-refractivity contribution is -0.0825. The Bertz CT molecular complexity index is 868. The van der Waals surface area contributed by atoms with Crippen LogP contribution < -0.4 is 10.6 Å². The van der Waals surface area contributed by atoms with Crippen LogP contribution in [-0.4, -0.2) is 71.4 Å². The van der Waals surface area contributed by atoms with E-state index in [2.05, 4.69) is 10.6 Å². The van der Waals surface area contributed by atoms with E-state index in [9.17, 15) is 20.0 Å². The minimum Gasteiger partial charge on any atom is -0.383 e. The van der Waals surface area contributed by atoms with Crippen LogP contribution in [0.15, 0.2) is 36.4 Å². The van der Waals surface area contributed by atoms with E-state index in [1.165, 1.54) is 10.1 Å². The fourth-order valence-electron chi connectivity index (χ4n) is 3.47. The van der Waals surface area contributed by atoms with E-state index in [1.54, 1.807) is 36.4 Å². The molecule has 8 nitrogen and oxygen atoms in total. The van der Waals surface area contributed by atoms with Crippen LogP contribution in [0.5, 0.6) is 0 Å². The molecule has 0 aromatic heterocycles. The van der Waals surface area contributed by atoms with Gasteiger partial charge in [0.15, 0.2) is 11.6 Å². The number of nitrogens with zero attached hydrogens (tertiary/aromatic N) is 2. The van der Waals surface area contributed by atoms with Crippen LogP contribution in [0.1, 0.15) is 45.7 Å². The molecule has 0 unspecified atom stereocenters. The van der Waals surface area contributed by atoms with Crippen LogP contribution in [0.3, 0.4) is 0 Å². The van der Waals surface area contributed by atoms with Crippen LogP contribution in [0.25, 0.3) is 0 Å². The molecule has 0 aliphatic heterocycles. The molecule has 2 aromatic rings. The first-order valence-corrected chi connectivity index (χ1v) is 10.2. The first-order chi connectivity index (χ1) is 14.5. The Morgan fingerprint density at radius 2 is 1.09 bits per heavy atom. The molecule has 0 fully saturated rings. The zero-order valence-corrected chi connectivity index (χ0v) is 19.8. The first kappa shape index (κ1) is 27.8. The monoisotopic (exact) mass is 484 g/mol. The van der Waals surface area contributed by atoms with Crippen molar-refractivity contribution in [2.75, 3.05) is 49.9 Å². The third-order valence-corrected chi connectivity index (χ3v) is 5.18. The van der Waals surface area contributed by atoms with Gasteiger partial charge in [-0.3, -0.25) is 9.59 Å². The lowest BCUT2D eigenvalue weighted by Gasteiger charge is -2.24. The molecule has 32 heavy (non-hydrogen) atoms. The number of likely N-dealkylation sites (N-methyl/N-ethyl adjacent to an activating group) is 2. The molecule has 0 bridgehead atoms. The second-order valence-electron chi connectivity index (χ2n) is 7.06. The Morgan fingerprint density at radius 1 is 0.719 bits per heavy atom. The number of carbonyl (C=O) groups excluding carboxylic acids is 2. The van der Waals surface area contributed by atoms with Crippen LogP contribution in [0, 0.1) is 0 Å². The van der Waals surface area contributed by atoms with Gasteiger partial charge < -0.3 is 21.0 Å². The standard InChI is InChI=1S/C22H28N4O4.2ClH/c1-3-25(29)13-11-23-17-9-10-18(24-12-14-26(30)4-2)20-19(17)21(27)15-7-5-6-8-16(15)22(20)28;;/h5-10,23-24,29-30H,3-4,11-14H2,1-2H3;2*1H. The topological polar surface area (TPSA) is 105 Å². The zero-order valence-electron chi connectivity index (χ0n) is 18.1. The van der Waals surface area contributed by atoms with Crippen molar-refractivity contribution < 1.29 is 20.0 Å². The van der Waals surface area contributed by atoms with Gasteiger partial charge in [0.1, 0.15) is 0 Å². The molecular weight excluding hydrogens is 455 g/mol. The van der Waals surface area contributed by atoms with Crippen molar-refractivity contribution in [3.05, 3.63) is 58.7 Å². The van der Waals surface area contributed by atoms with Crippen LogP contribution in [0.2, 0.25) is 0 Å². The number of hydrogen-bond donors (Lipinski definition) is 4.